The molecule has 1 amide bonds. The van der Waals surface area contributed by atoms with Crippen LogP contribution in [-0.2, 0) is 10.2 Å². The lowest BCUT2D eigenvalue weighted by Crippen LogP contribution is -2.25. The first-order valence-corrected chi connectivity index (χ1v) is 10.2. The van der Waals surface area contributed by atoms with Gasteiger partial charge in [0.1, 0.15) is 0 Å². The fraction of sp³-hybridized carbons (Fsp3) is 0.111. The Morgan fingerprint density at radius 3 is 2.10 bits per heavy atom. The second-order valence-electron chi connectivity index (χ2n) is 7.76. The monoisotopic (exact) mass is 390 g/mol. The topological polar surface area (TPSA) is 41.5 Å². The molecule has 30 heavy (non-hydrogen) atoms. The van der Waals surface area contributed by atoms with Crippen LogP contribution in [0.2, 0.25) is 0 Å². The van der Waals surface area contributed by atoms with E-state index in [1.807, 2.05) is 60.7 Å². The van der Waals surface area contributed by atoms with Gasteiger partial charge in [0.15, 0.2) is 0 Å². The Bertz CT molecular complexity index is 1170. The zero-order valence-electron chi connectivity index (χ0n) is 16.5. The molecule has 5 rings (SSSR count). The van der Waals surface area contributed by atoms with Crippen molar-refractivity contribution in [2.75, 3.05) is 0 Å². The Morgan fingerprint density at radius 1 is 0.800 bits per heavy atom. The van der Waals surface area contributed by atoms with Crippen molar-refractivity contribution in [2.24, 2.45) is 11.0 Å². The predicted molar refractivity (Wildman–Crippen MR) is 121 cm³/mol. The van der Waals surface area contributed by atoms with E-state index in [4.69, 9.17) is 0 Å². The van der Waals surface area contributed by atoms with Crippen molar-refractivity contribution in [3.05, 3.63) is 120 Å². The van der Waals surface area contributed by atoms with Crippen molar-refractivity contribution >= 4 is 22.9 Å². The first-order chi connectivity index (χ1) is 14.8. The average Bonchev–Trinajstić information content (AvgIpc) is 3.58. The van der Waals surface area contributed by atoms with Crippen LogP contribution < -0.4 is 5.43 Å². The number of hydrogen-bond acceptors (Lipinski definition) is 2. The van der Waals surface area contributed by atoms with Gasteiger partial charge < -0.3 is 0 Å². The minimum Gasteiger partial charge on any atom is -0.273 e. The van der Waals surface area contributed by atoms with Crippen LogP contribution >= 0.6 is 0 Å². The van der Waals surface area contributed by atoms with E-state index in [0.717, 1.165) is 22.8 Å². The lowest BCUT2D eigenvalue weighted by Gasteiger charge is -2.18. The molecular formula is C27H22N2O. The van der Waals surface area contributed by atoms with Gasteiger partial charge in [-0.2, -0.15) is 5.10 Å². The van der Waals surface area contributed by atoms with E-state index in [1.54, 1.807) is 6.21 Å². The minimum atomic E-state index is -0.276. The van der Waals surface area contributed by atoms with Gasteiger partial charge in [0.2, 0.25) is 5.91 Å². The molecule has 1 atom stereocenters. The Balaban J connectivity index is 1.38. The summed E-state index contributed by atoms with van der Waals surface area (Å²) >= 11 is 0. The Hall–Kier alpha value is -3.72. The van der Waals surface area contributed by atoms with Crippen molar-refractivity contribution in [3.63, 3.8) is 0 Å². The van der Waals surface area contributed by atoms with Gasteiger partial charge in [0.05, 0.1) is 12.1 Å². The molecule has 1 unspecified atom stereocenters. The first kappa shape index (κ1) is 18.3. The van der Waals surface area contributed by atoms with Crippen LogP contribution in [0.3, 0.4) is 0 Å². The quantitative estimate of drug-likeness (QED) is 0.365. The molecule has 1 aliphatic carbocycles. The van der Waals surface area contributed by atoms with Crippen LogP contribution in [0.5, 0.6) is 0 Å². The number of carbonyl (C=O) groups is 1. The van der Waals surface area contributed by atoms with Gasteiger partial charge in [-0.25, -0.2) is 5.43 Å². The molecule has 1 N–H and O–H groups in total. The van der Waals surface area contributed by atoms with Crippen molar-refractivity contribution < 1.29 is 4.79 Å². The number of hydrogen-bond donors (Lipinski definition) is 1. The van der Waals surface area contributed by atoms with Crippen LogP contribution in [0.4, 0.5) is 0 Å². The van der Waals surface area contributed by atoms with E-state index in [0.29, 0.717) is 0 Å². The molecule has 0 spiro atoms. The third kappa shape index (κ3) is 3.18. The highest BCUT2D eigenvalue weighted by Gasteiger charge is 2.60. The molecule has 0 radical (unpaired) electrons. The van der Waals surface area contributed by atoms with Gasteiger partial charge in [-0.05, 0) is 28.3 Å². The summed E-state index contributed by atoms with van der Waals surface area (Å²) in [6.07, 6.45) is 2.52. The number of rotatable bonds is 5. The zero-order valence-corrected chi connectivity index (χ0v) is 16.5. The molecule has 0 aliphatic heterocycles. The average molecular weight is 390 g/mol. The fourth-order valence-corrected chi connectivity index (χ4v) is 4.46. The zero-order chi connectivity index (χ0) is 20.4. The van der Waals surface area contributed by atoms with Crippen LogP contribution in [0, 0.1) is 5.92 Å². The predicted octanol–water partition coefficient (Wildman–Crippen LogP) is 5.30. The molecule has 146 valence electrons. The van der Waals surface area contributed by atoms with Gasteiger partial charge in [-0.1, -0.05) is 103 Å². The first-order valence-electron chi connectivity index (χ1n) is 10.2. The molecule has 4 aromatic rings. The molecule has 1 saturated carbocycles. The molecule has 0 aromatic heterocycles. The summed E-state index contributed by atoms with van der Waals surface area (Å²) in [6.45, 7) is 0. The third-order valence-corrected chi connectivity index (χ3v) is 6.06. The maximum absolute atomic E-state index is 13.0. The number of fused-ring (bicyclic) bond motifs is 1. The maximum atomic E-state index is 13.0. The van der Waals surface area contributed by atoms with Gasteiger partial charge in [0.25, 0.3) is 0 Å². The number of carbonyl (C=O) groups excluding carboxylic acids is 1. The van der Waals surface area contributed by atoms with E-state index < -0.39 is 0 Å². The molecular weight excluding hydrogens is 368 g/mol. The highest BCUT2D eigenvalue weighted by atomic mass is 16.2. The highest BCUT2D eigenvalue weighted by Crippen LogP contribution is 2.58. The van der Waals surface area contributed by atoms with Crippen molar-refractivity contribution in [1.82, 2.24) is 5.43 Å². The molecule has 1 fully saturated rings. The van der Waals surface area contributed by atoms with Gasteiger partial charge in [0, 0.05) is 11.0 Å². The number of hydrazone groups is 1. The molecule has 3 nitrogen and oxygen atoms in total. The summed E-state index contributed by atoms with van der Waals surface area (Å²) in [5.41, 5.74) is 5.84. The maximum Gasteiger partial charge on any atom is 0.244 e. The van der Waals surface area contributed by atoms with Gasteiger partial charge >= 0.3 is 0 Å². The summed E-state index contributed by atoms with van der Waals surface area (Å²) in [6, 6.07) is 34.8. The molecule has 0 bridgehead atoms. The summed E-state index contributed by atoms with van der Waals surface area (Å²) in [5.74, 6) is -0.175. The standard InChI is InChI=1S/C27H22N2O/c30-26(29-28-19-21-12-9-11-20-10-7-8-17-24(20)21)25-18-27(25,22-13-3-1-4-14-22)23-15-5-2-6-16-23/h1-17,19,25H,18H2,(H,29,30). The third-order valence-electron chi connectivity index (χ3n) is 6.06. The largest absolute Gasteiger partial charge is 0.273 e. The number of nitrogens with one attached hydrogen (secondary N) is 1. The number of amides is 1. The van der Waals surface area contributed by atoms with E-state index in [2.05, 4.69) is 53.0 Å². The van der Waals surface area contributed by atoms with E-state index in [9.17, 15) is 4.79 Å². The van der Waals surface area contributed by atoms with E-state index in [1.165, 1.54) is 11.1 Å². The minimum absolute atomic E-state index is 0.0424. The van der Waals surface area contributed by atoms with Crippen molar-refractivity contribution in [1.29, 1.82) is 0 Å². The van der Waals surface area contributed by atoms with Gasteiger partial charge in [-0.3, -0.25) is 4.79 Å². The lowest BCUT2D eigenvalue weighted by molar-refractivity contribution is -0.122. The van der Waals surface area contributed by atoms with E-state index in [-0.39, 0.29) is 17.2 Å². The fourth-order valence-electron chi connectivity index (χ4n) is 4.46. The molecule has 1 aliphatic rings. The molecule has 3 heteroatoms. The summed E-state index contributed by atoms with van der Waals surface area (Å²) in [5, 5.41) is 6.55. The van der Waals surface area contributed by atoms with Crippen molar-refractivity contribution in [2.45, 2.75) is 11.8 Å². The second kappa shape index (κ2) is 7.60. The van der Waals surface area contributed by atoms with E-state index >= 15 is 0 Å². The number of benzene rings is 4. The SMILES string of the molecule is O=C(NN=Cc1cccc2ccccc12)C1CC1(c1ccccc1)c1ccccc1. The van der Waals surface area contributed by atoms with Crippen LogP contribution in [0.1, 0.15) is 23.1 Å². The smallest absolute Gasteiger partial charge is 0.244 e. The Labute approximate surface area is 176 Å². The summed E-state index contributed by atoms with van der Waals surface area (Å²) in [4.78, 5) is 13.0. The molecule has 0 heterocycles. The normalized spacial score (nSPS) is 17.1. The van der Waals surface area contributed by atoms with Crippen LogP contribution in [0.25, 0.3) is 10.8 Å². The van der Waals surface area contributed by atoms with Crippen molar-refractivity contribution in [3.8, 4) is 0 Å². The summed E-state index contributed by atoms with van der Waals surface area (Å²) in [7, 11) is 0. The molecule has 4 aromatic carbocycles. The molecule has 0 saturated heterocycles. The van der Waals surface area contributed by atoms with Crippen LogP contribution in [-0.4, -0.2) is 12.1 Å². The Morgan fingerprint density at radius 2 is 1.40 bits per heavy atom. The number of nitrogens with zero attached hydrogens (tertiary/aromatic N) is 1. The Kier molecular flexibility index (Phi) is 4.64. The second-order valence-corrected chi connectivity index (χ2v) is 7.76. The highest BCUT2D eigenvalue weighted by molar-refractivity contribution is 6.00. The van der Waals surface area contributed by atoms with Gasteiger partial charge in [-0.15, -0.1) is 0 Å². The summed E-state index contributed by atoms with van der Waals surface area (Å²) < 4.78 is 0. The lowest BCUT2D eigenvalue weighted by atomic mass is 9.85. The van der Waals surface area contributed by atoms with Crippen LogP contribution in [0.15, 0.2) is 108 Å².